The van der Waals surface area contributed by atoms with Crippen molar-refractivity contribution < 1.29 is 13.7 Å². The fourth-order valence-electron chi connectivity index (χ4n) is 5.76. The molecule has 3 aliphatic rings. The number of hydrogen-bond acceptors (Lipinski definition) is 9. The summed E-state index contributed by atoms with van der Waals surface area (Å²) in [4.78, 5) is 15.6. The number of ether oxygens (including phenoxy) is 1. The van der Waals surface area contributed by atoms with Gasteiger partial charge < -0.3 is 14.2 Å². The van der Waals surface area contributed by atoms with Crippen LogP contribution >= 0.6 is 11.8 Å². The second kappa shape index (κ2) is 7.75. The van der Waals surface area contributed by atoms with Gasteiger partial charge in [0.1, 0.15) is 16.4 Å². The predicted octanol–water partition coefficient (Wildman–Crippen LogP) is 3.30. The Labute approximate surface area is 195 Å². The van der Waals surface area contributed by atoms with Crippen LogP contribution in [-0.2, 0) is 11.2 Å². The average Bonchev–Trinajstić information content (AvgIpc) is 3.23. The Balaban J connectivity index is 1.54. The number of benzene rings is 1. The van der Waals surface area contributed by atoms with E-state index < -0.39 is 0 Å². The first-order valence-corrected chi connectivity index (χ1v) is 12.3. The molecule has 1 unspecified atom stereocenters. The van der Waals surface area contributed by atoms with Gasteiger partial charge in [0.05, 0.1) is 48.4 Å². The molecule has 10 heteroatoms. The highest BCUT2D eigenvalue weighted by molar-refractivity contribution is 7.98. The van der Waals surface area contributed by atoms with Crippen LogP contribution < -0.4 is 10.2 Å². The Morgan fingerprint density at radius 1 is 1.27 bits per heavy atom. The van der Waals surface area contributed by atoms with Gasteiger partial charge in [-0.05, 0) is 38.2 Å². The van der Waals surface area contributed by atoms with E-state index in [9.17, 15) is 0 Å². The molecule has 1 spiro atoms. The number of anilines is 1. The molecule has 3 aliphatic heterocycles. The smallest absolute Gasteiger partial charge is 0.205 e. The summed E-state index contributed by atoms with van der Waals surface area (Å²) < 4.78 is 27.8. The van der Waals surface area contributed by atoms with Crippen molar-refractivity contribution in [1.82, 2.24) is 20.4 Å². The molecule has 8 nitrogen and oxygen atoms in total. The lowest BCUT2D eigenvalue weighted by Crippen LogP contribution is -2.67. The van der Waals surface area contributed by atoms with E-state index in [1.54, 1.807) is 12.4 Å². The lowest BCUT2D eigenvalue weighted by Gasteiger charge is -2.56. The van der Waals surface area contributed by atoms with Crippen molar-refractivity contribution in [2.45, 2.75) is 43.5 Å². The van der Waals surface area contributed by atoms with Crippen LogP contribution in [0.5, 0.6) is 0 Å². The van der Waals surface area contributed by atoms with E-state index >= 15 is 4.39 Å². The van der Waals surface area contributed by atoms with E-state index in [1.165, 1.54) is 11.8 Å². The van der Waals surface area contributed by atoms with Gasteiger partial charge in [-0.15, -0.1) is 11.8 Å². The standard InChI is InChI=1S/C23H25FN6O2S/c1-12-8-30-20-14(5-23(9-25-11-26-10-23)22(30)13(2)31-12)4-15-19(29-32-21(15)18(20)24)16-6-28-17(33-3)7-27-16/h4,6-7,9,12-13,22,26H,5,8,10-11H2,1-3H3/t12-,13+,22-,23?/m0/s1. The number of thioether (sulfide) groups is 1. The molecule has 0 bridgehead atoms. The van der Waals surface area contributed by atoms with E-state index in [-0.39, 0.29) is 35.1 Å². The highest BCUT2D eigenvalue weighted by Crippen LogP contribution is 2.48. The minimum absolute atomic E-state index is 0.0154. The second-order valence-electron chi connectivity index (χ2n) is 9.11. The summed E-state index contributed by atoms with van der Waals surface area (Å²) >= 11 is 1.51. The summed E-state index contributed by atoms with van der Waals surface area (Å²) in [5.41, 5.74) is 2.43. The van der Waals surface area contributed by atoms with E-state index in [0.29, 0.717) is 42.1 Å². The normalized spacial score (nSPS) is 28.8. The maximum absolute atomic E-state index is 16.1. The first-order chi connectivity index (χ1) is 16.0. The van der Waals surface area contributed by atoms with Gasteiger partial charge in [-0.25, -0.2) is 9.37 Å². The Morgan fingerprint density at radius 2 is 2.15 bits per heavy atom. The van der Waals surface area contributed by atoms with Crippen LogP contribution in [-0.4, -0.2) is 65.6 Å². The Hall–Kier alpha value is -2.56. The predicted molar refractivity (Wildman–Crippen MR) is 125 cm³/mol. The zero-order chi connectivity index (χ0) is 22.7. The van der Waals surface area contributed by atoms with Gasteiger partial charge in [0.15, 0.2) is 5.82 Å². The quantitative estimate of drug-likeness (QED) is 0.573. The number of nitrogens with zero attached hydrogens (tertiary/aromatic N) is 5. The Bertz CT molecular complexity index is 1250. The SMILES string of the molecule is CSc1cnc(-c2noc3c(F)c4c(cc23)CC2(C=NCNC2)[C@@H]2[C@@H](C)O[C@@H](C)CN42)cn1. The Kier molecular flexibility index (Phi) is 4.93. The van der Waals surface area contributed by atoms with Crippen molar-refractivity contribution in [2.75, 3.05) is 30.9 Å². The molecule has 6 rings (SSSR count). The van der Waals surface area contributed by atoms with Gasteiger partial charge in [0.25, 0.3) is 0 Å². The zero-order valence-electron chi connectivity index (χ0n) is 18.7. The molecule has 0 amide bonds. The number of hydrogen-bond donors (Lipinski definition) is 1. The molecule has 0 aliphatic carbocycles. The van der Waals surface area contributed by atoms with Gasteiger partial charge in [-0.1, -0.05) is 5.16 Å². The average molecular weight is 469 g/mol. The van der Waals surface area contributed by atoms with Gasteiger partial charge in [-0.2, -0.15) is 0 Å². The molecule has 0 radical (unpaired) electrons. The molecule has 2 aromatic heterocycles. The van der Waals surface area contributed by atoms with Crippen LogP contribution in [0.1, 0.15) is 19.4 Å². The summed E-state index contributed by atoms with van der Waals surface area (Å²) in [5, 5.41) is 9.02. The Morgan fingerprint density at radius 3 is 2.88 bits per heavy atom. The molecule has 0 saturated carbocycles. The molecular formula is C23H25FN6O2S. The van der Waals surface area contributed by atoms with Crippen LogP contribution in [0.25, 0.3) is 22.4 Å². The van der Waals surface area contributed by atoms with Crippen molar-refractivity contribution in [1.29, 1.82) is 0 Å². The molecule has 1 fully saturated rings. The summed E-state index contributed by atoms with van der Waals surface area (Å²) in [6.45, 7) is 6.06. The minimum atomic E-state index is -0.378. The number of fused-ring (bicyclic) bond motifs is 5. The molecule has 3 aromatic rings. The number of halogens is 1. The van der Waals surface area contributed by atoms with Crippen molar-refractivity contribution >= 4 is 34.6 Å². The summed E-state index contributed by atoms with van der Waals surface area (Å²) in [6.07, 6.45) is 7.91. The molecule has 172 valence electrons. The van der Waals surface area contributed by atoms with Crippen molar-refractivity contribution in [3.8, 4) is 11.4 Å². The molecule has 4 atom stereocenters. The maximum atomic E-state index is 16.1. The van der Waals surface area contributed by atoms with Crippen LogP contribution in [0, 0.1) is 11.2 Å². The third-order valence-electron chi connectivity index (χ3n) is 6.92. The van der Waals surface area contributed by atoms with Gasteiger partial charge >= 0.3 is 0 Å². The van der Waals surface area contributed by atoms with Crippen molar-refractivity contribution in [2.24, 2.45) is 10.4 Å². The highest BCUT2D eigenvalue weighted by Gasteiger charge is 2.52. The molecule has 1 N–H and O–H groups in total. The van der Waals surface area contributed by atoms with Crippen molar-refractivity contribution in [3.63, 3.8) is 0 Å². The molecule has 1 aromatic carbocycles. The van der Waals surface area contributed by atoms with Crippen molar-refractivity contribution in [3.05, 3.63) is 29.8 Å². The molecule has 33 heavy (non-hydrogen) atoms. The fraction of sp³-hybridized carbons (Fsp3) is 0.478. The number of morpholine rings is 1. The lowest BCUT2D eigenvalue weighted by atomic mass is 9.68. The first kappa shape index (κ1) is 21.0. The third kappa shape index (κ3) is 3.18. The minimum Gasteiger partial charge on any atom is -0.372 e. The number of aromatic nitrogens is 3. The molecular weight excluding hydrogens is 443 g/mol. The summed E-state index contributed by atoms with van der Waals surface area (Å²) in [5.74, 6) is -0.378. The molecule has 1 saturated heterocycles. The number of nitrogens with one attached hydrogen (secondary N) is 1. The number of aliphatic imine (C=N–C) groups is 1. The van der Waals surface area contributed by atoms with Crippen LogP contribution in [0.4, 0.5) is 10.1 Å². The largest absolute Gasteiger partial charge is 0.372 e. The van der Waals surface area contributed by atoms with E-state index in [1.807, 2.05) is 19.2 Å². The van der Waals surface area contributed by atoms with Gasteiger partial charge in [-0.3, -0.25) is 15.3 Å². The summed E-state index contributed by atoms with van der Waals surface area (Å²) in [7, 11) is 0. The zero-order valence-corrected chi connectivity index (χ0v) is 19.5. The van der Waals surface area contributed by atoms with E-state index in [2.05, 4.69) is 43.5 Å². The monoisotopic (exact) mass is 468 g/mol. The summed E-state index contributed by atoms with van der Waals surface area (Å²) in [6, 6.07) is 1.98. The van der Waals surface area contributed by atoms with Gasteiger partial charge in [0.2, 0.25) is 5.58 Å². The lowest BCUT2D eigenvalue weighted by molar-refractivity contribution is -0.0522. The molecule has 5 heterocycles. The first-order valence-electron chi connectivity index (χ1n) is 11.1. The second-order valence-corrected chi connectivity index (χ2v) is 9.93. The van der Waals surface area contributed by atoms with E-state index in [0.717, 1.165) is 17.1 Å². The number of rotatable bonds is 2. The highest BCUT2D eigenvalue weighted by atomic mass is 32.2. The van der Waals surface area contributed by atoms with Crippen LogP contribution in [0.3, 0.4) is 0 Å². The van der Waals surface area contributed by atoms with Gasteiger partial charge in [0, 0.05) is 24.7 Å². The van der Waals surface area contributed by atoms with E-state index in [4.69, 9.17) is 9.26 Å². The van der Waals surface area contributed by atoms with Crippen LogP contribution in [0.2, 0.25) is 0 Å². The fourth-order valence-corrected chi connectivity index (χ4v) is 6.08. The topological polar surface area (TPSA) is 88.7 Å². The third-order valence-corrected chi connectivity index (χ3v) is 7.55. The maximum Gasteiger partial charge on any atom is 0.205 e. The van der Waals surface area contributed by atoms with Crippen LogP contribution in [0.15, 0.2) is 33.0 Å².